The molecule has 0 aliphatic rings. The van der Waals surface area contributed by atoms with Gasteiger partial charge in [0.15, 0.2) is 0 Å². The van der Waals surface area contributed by atoms with E-state index in [9.17, 15) is 9.59 Å². The third-order valence-electron chi connectivity index (χ3n) is 6.49. The number of carbonyl (C=O) groups is 2. The lowest BCUT2D eigenvalue weighted by atomic mass is 10.1. The van der Waals surface area contributed by atoms with Gasteiger partial charge in [0.25, 0.3) is 0 Å². The molecular weight excluding hydrogens is 536 g/mol. The van der Waals surface area contributed by atoms with Gasteiger partial charge in [-0.3, -0.25) is 4.99 Å². The minimum absolute atomic E-state index is 0.247. The fourth-order valence-electron chi connectivity index (χ4n) is 4.57. The maximum Gasteiger partial charge on any atom is 0.339 e. The zero-order valence-corrected chi connectivity index (χ0v) is 23.3. The highest BCUT2D eigenvalue weighted by Gasteiger charge is 2.19. The Bertz CT molecular complexity index is 1710. The van der Waals surface area contributed by atoms with Crippen molar-refractivity contribution in [2.45, 2.75) is 6.92 Å². The molecule has 0 aliphatic carbocycles. The zero-order chi connectivity index (χ0) is 28.8. The van der Waals surface area contributed by atoms with Gasteiger partial charge < -0.3 is 14.0 Å². The van der Waals surface area contributed by atoms with Crippen LogP contribution in [0.3, 0.4) is 0 Å². The molecule has 41 heavy (non-hydrogen) atoms. The minimum Gasteiger partial charge on any atom is -0.465 e. The molecule has 204 valence electrons. The molecule has 0 radical (unpaired) electrons. The molecule has 1 aromatic heterocycles. The van der Waals surface area contributed by atoms with Crippen molar-refractivity contribution in [2.24, 2.45) is 4.99 Å². The maximum absolute atomic E-state index is 12.3. The molecule has 7 heteroatoms. The summed E-state index contributed by atoms with van der Waals surface area (Å²) in [5, 5.41) is 0.296. The maximum atomic E-state index is 12.3. The second kappa shape index (κ2) is 12.5. The molecule has 0 amide bonds. The Hall–Kier alpha value is -4.94. The topological polar surface area (TPSA) is 69.9 Å². The van der Waals surface area contributed by atoms with Crippen LogP contribution in [0.25, 0.3) is 28.2 Å². The highest BCUT2D eigenvalue weighted by molar-refractivity contribution is 6.33. The molecule has 0 atom stereocenters. The zero-order valence-electron chi connectivity index (χ0n) is 22.6. The first-order chi connectivity index (χ1) is 20.0. The first-order valence-electron chi connectivity index (χ1n) is 13.1. The molecule has 4 aromatic carbocycles. The van der Waals surface area contributed by atoms with E-state index >= 15 is 0 Å². The van der Waals surface area contributed by atoms with Gasteiger partial charge >= 0.3 is 11.9 Å². The van der Waals surface area contributed by atoms with Crippen LogP contribution in [0.4, 0.5) is 5.69 Å². The number of benzene rings is 4. The van der Waals surface area contributed by atoms with Gasteiger partial charge in [0.1, 0.15) is 0 Å². The largest absolute Gasteiger partial charge is 0.465 e. The summed E-state index contributed by atoms with van der Waals surface area (Å²) in [6.45, 7) is 2.10. The lowest BCUT2D eigenvalue weighted by molar-refractivity contribution is 0.0525. The van der Waals surface area contributed by atoms with Gasteiger partial charge in [-0.1, -0.05) is 72.3 Å². The SMILES string of the molecule is CCOC(=O)c1ccc(-n2c(-c3ccccc3)cc(C=Nc3ccc(Cl)c(C(=O)OC)c3)c2-c2ccccc2)cc1. The van der Waals surface area contributed by atoms with Crippen molar-refractivity contribution in [3.63, 3.8) is 0 Å². The highest BCUT2D eigenvalue weighted by Crippen LogP contribution is 2.36. The Morgan fingerprint density at radius 3 is 2.12 bits per heavy atom. The summed E-state index contributed by atoms with van der Waals surface area (Å²) in [5.74, 6) is -0.888. The molecule has 5 rings (SSSR count). The van der Waals surface area contributed by atoms with E-state index < -0.39 is 5.97 Å². The Morgan fingerprint density at radius 1 is 0.829 bits per heavy atom. The second-order valence-corrected chi connectivity index (χ2v) is 9.49. The highest BCUT2D eigenvalue weighted by atomic mass is 35.5. The van der Waals surface area contributed by atoms with Crippen LogP contribution in [0.5, 0.6) is 0 Å². The number of aliphatic imine (C=N–C) groups is 1. The van der Waals surface area contributed by atoms with Gasteiger partial charge in [0, 0.05) is 17.5 Å². The van der Waals surface area contributed by atoms with Gasteiger partial charge in [-0.05, 0) is 66.6 Å². The molecule has 0 N–H and O–H groups in total. The third kappa shape index (κ3) is 5.98. The lowest BCUT2D eigenvalue weighted by Gasteiger charge is -2.15. The number of ether oxygens (including phenoxy) is 2. The van der Waals surface area contributed by atoms with Crippen LogP contribution < -0.4 is 0 Å². The molecule has 1 heterocycles. The van der Waals surface area contributed by atoms with Crippen LogP contribution in [0.1, 0.15) is 33.2 Å². The molecule has 0 saturated carbocycles. The normalized spacial score (nSPS) is 11.0. The lowest BCUT2D eigenvalue weighted by Crippen LogP contribution is -2.05. The number of nitrogens with zero attached hydrogens (tertiary/aromatic N) is 2. The predicted octanol–water partition coefficient (Wildman–Crippen LogP) is 8.18. The summed E-state index contributed by atoms with van der Waals surface area (Å²) in [6.07, 6.45) is 1.78. The quantitative estimate of drug-likeness (QED) is 0.141. The second-order valence-electron chi connectivity index (χ2n) is 9.08. The Labute approximate surface area is 243 Å². The van der Waals surface area contributed by atoms with Crippen molar-refractivity contribution in [3.8, 4) is 28.2 Å². The van der Waals surface area contributed by atoms with Crippen LogP contribution in [0.15, 0.2) is 114 Å². The summed E-state index contributed by atoms with van der Waals surface area (Å²) in [6, 6.07) is 34.5. The van der Waals surface area contributed by atoms with Crippen LogP contribution in [-0.4, -0.2) is 36.4 Å². The molecule has 0 bridgehead atoms. The summed E-state index contributed by atoms with van der Waals surface area (Å²) in [4.78, 5) is 29.2. The number of aromatic nitrogens is 1. The van der Waals surface area contributed by atoms with E-state index in [0.717, 1.165) is 33.8 Å². The number of hydrogen-bond acceptors (Lipinski definition) is 5. The molecule has 0 saturated heterocycles. The van der Waals surface area contributed by atoms with Crippen LogP contribution in [-0.2, 0) is 9.47 Å². The summed E-state index contributed by atoms with van der Waals surface area (Å²) < 4.78 is 12.2. The van der Waals surface area contributed by atoms with Crippen molar-refractivity contribution in [1.82, 2.24) is 4.57 Å². The third-order valence-corrected chi connectivity index (χ3v) is 6.82. The van der Waals surface area contributed by atoms with Gasteiger partial charge in [0.05, 0.1) is 46.9 Å². The number of carbonyl (C=O) groups excluding carboxylic acids is 2. The van der Waals surface area contributed by atoms with E-state index in [4.69, 9.17) is 26.1 Å². The van der Waals surface area contributed by atoms with Crippen LogP contribution in [0, 0.1) is 0 Å². The fourth-order valence-corrected chi connectivity index (χ4v) is 4.77. The van der Waals surface area contributed by atoms with Gasteiger partial charge in [-0.15, -0.1) is 0 Å². The van der Waals surface area contributed by atoms with E-state index in [1.807, 2.05) is 60.7 Å². The average molecular weight is 563 g/mol. The van der Waals surface area contributed by atoms with Crippen LogP contribution in [0.2, 0.25) is 5.02 Å². The van der Waals surface area contributed by atoms with Crippen molar-refractivity contribution in [3.05, 3.63) is 131 Å². The molecular formula is C34H27ClN2O4. The standard InChI is InChI=1S/C34H27ClN2O4/c1-3-41-33(38)25-14-17-28(18-15-25)37-31(23-10-6-4-7-11-23)20-26(32(37)24-12-8-5-9-13-24)22-36-27-16-19-30(35)29(21-27)34(39)40-2/h4-22H,3H2,1-2H3. The van der Waals surface area contributed by atoms with E-state index in [0.29, 0.717) is 22.9 Å². The first kappa shape index (κ1) is 27.6. The summed E-state index contributed by atoms with van der Waals surface area (Å²) >= 11 is 6.22. The molecule has 0 spiro atoms. The summed E-state index contributed by atoms with van der Waals surface area (Å²) in [5.41, 5.74) is 6.87. The first-order valence-corrected chi connectivity index (χ1v) is 13.4. The average Bonchev–Trinajstić information content (AvgIpc) is 3.41. The van der Waals surface area contributed by atoms with E-state index in [1.54, 1.807) is 43.5 Å². The monoisotopic (exact) mass is 562 g/mol. The molecule has 6 nitrogen and oxygen atoms in total. The molecule has 0 aliphatic heterocycles. The Morgan fingerprint density at radius 2 is 1.49 bits per heavy atom. The van der Waals surface area contributed by atoms with Crippen molar-refractivity contribution >= 4 is 35.4 Å². The number of hydrogen-bond donors (Lipinski definition) is 0. The van der Waals surface area contributed by atoms with Crippen LogP contribution >= 0.6 is 11.6 Å². The minimum atomic E-state index is -0.527. The van der Waals surface area contributed by atoms with Crippen molar-refractivity contribution in [2.75, 3.05) is 13.7 Å². The number of rotatable bonds is 8. The molecule has 0 fully saturated rings. The smallest absolute Gasteiger partial charge is 0.339 e. The van der Waals surface area contributed by atoms with Crippen molar-refractivity contribution in [1.29, 1.82) is 0 Å². The van der Waals surface area contributed by atoms with Gasteiger partial charge in [0.2, 0.25) is 0 Å². The Balaban J connectivity index is 1.70. The van der Waals surface area contributed by atoms with E-state index in [-0.39, 0.29) is 11.5 Å². The van der Waals surface area contributed by atoms with Gasteiger partial charge in [-0.25, -0.2) is 9.59 Å². The van der Waals surface area contributed by atoms with Crippen molar-refractivity contribution < 1.29 is 19.1 Å². The predicted molar refractivity (Wildman–Crippen MR) is 163 cm³/mol. The van der Waals surface area contributed by atoms with E-state index in [2.05, 4.69) is 22.8 Å². The number of halogens is 1. The fraction of sp³-hybridized carbons (Fsp3) is 0.0882. The van der Waals surface area contributed by atoms with Gasteiger partial charge in [-0.2, -0.15) is 0 Å². The van der Waals surface area contributed by atoms with E-state index in [1.165, 1.54) is 7.11 Å². The molecule has 5 aromatic rings. The Kier molecular flexibility index (Phi) is 8.42. The summed E-state index contributed by atoms with van der Waals surface area (Å²) in [7, 11) is 1.31. The molecule has 0 unspecified atom stereocenters. The number of esters is 2. The number of methoxy groups -OCH3 is 1.